The topological polar surface area (TPSA) is 109 Å². The molecule has 9 heteroatoms. The quantitative estimate of drug-likeness (QED) is 0.321. The molecule has 0 aliphatic heterocycles. The number of H-pyrrole nitrogens is 1. The van der Waals surface area contributed by atoms with Crippen LogP contribution in [0, 0.1) is 0 Å². The number of carbonyl (C=O) groups excluding carboxylic acids is 2. The highest BCUT2D eigenvalue weighted by Crippen LogP contribution is 2.24. The number of fused-ring (bicyclic) bond motifs is 1. The van der Waals surface area contributed by atoms with E-state index in [4.69, 9.17) is 11.6 Å². The summed E-state index contributed by atoms with van der Waals surface area (Å²) in [5.41, 5.74) is 2.70. The summed E-state index contributed by atoms with van der Waals surface area (Å²) < 4.78 is 1.50. The predicted octanol–water partition coefficient (Wildman–Crippen LogP) is 4.48. The van der Waals surface area contributed by atoms with Crippen LogP contribution in [0.15, 0.2) is 102 Å². The first-order chi connectivity index (χ1) is 17.5. The van der Waals surface area contributed by atoms with Crippen LogP contribution in [-0.2, 0) is 4.79 Å². The Morgan fingerprint density at radius 1 is 0.972 bits per heavy atom. The molecule has 3 heterocycles. The van der Waals surface area contributed by atoms with E-state index in [-0.39, 0.29) is 5.56 Å². The summed E-state index contributed by atoms with van der Waals surface area (Å²) in [5, 5.41) is 7.02. The van der Waals surface area contributed by atoms with Crippen molar-refractivity contribution in [1.29, 1.82) is 0 Å². The van der Waals surface area contributed by atoms with E-state index in [0.29, 0.717) is 27.5 Å². The van der Waals surface area contributed by atoms with Gasteiger partial charge in [0.1, 0.15) is 6.04 Å². The van der Waals surface area contributed by atoms with E-state index in [0.717, 1.165) is 10.9 Å². The molecule has 0 saturated heterocycles. The molecule has 178 valence electrons. The maximum atomic E-state index is 13.3. The number of pyridine rings is 2. The monoisotopic (exact) mass is 497 g/mol. The van der Waals surface area contributed by atoms with Crippen molar-refractivity contribution in [3.05, 3.63) is 124 Å². The Bertz CT molecular complexity index is 1610. The van der Waals surface area contributed by atoms with E-state index in [9.17, 15) is 14.4 Å². The molecule has 0 radical (unpaired) electrons. The Hall–Kier alpha value is -4.69. The van der Waals surface area contributed by atoms with Crippen molar-refractivity contribution in [1.82, 2.24) is 19.9 Å². The third-order valence-corrected chi connectivity index (χ3v) is 6.02. The lowest BCUT2D eigenvalue weighted by Gasteiger charge is -2.19. The molecule has 0 aliphatic rings. The first-order valence-corrected chi connectivity index (χ1v) is 11.4. The summed E-state index contributed by atoms with van der Waals surface area (Å²) in [6.07, 6.45) is 6.44. The Balaban J connectivity index is 1.37. The van der Waals surface area contributed by atoms with Crippen LogP contribution in [0.2, 0.25) is 5.02 Å². The molecule has 8 nitrogen and oxygen atoms in total. The number of hydrogen-bond donors (Lipinski definition) is 3. The van der Waals surface area contributed by atoms with Crippen molar-refractivity contribution in [2.24, 2.45) is 0 Å². The molecule has 2 aromatic carbocycles. The van der Waals surface area contributed by atoms with Gasteiger partial charge in [0.15, 0.2) is 0 Å². The number of hydrogen-bond acceptors (Lipinski definition) is 4. The van der Waals surface area contributed by atoms with Gasteiger partial charge in [0, 0.05) is 58.7 Å². The van der Waals surface area contributed by atoms with Gasteiger partial charge in [-0.25, -0.2) is 0 Å². The van der Waals surface area contributed by atoms with Gasteiger partial charge in [-0.2, -0.15) is 0 Å². The minimum atomic E-state index is -0.972. The minimum Gasteiger partial charge on any atom is -0.360 e. The normalized spacial score (nSPS) is 11.7. The van der Waals surface area contributed by atoms with Crippen LogP contribution in [0.1, 0.15) is 22.0 Å². The molecule has 5 rings (SSSR count). The van der Waals surface area contributed by atoms with Crippen molar-refractivity contribution in [3.63, 3.8) is 0 Å². The highest BCUT2D eigenvalue weighted by Gasteiger charge is 2.24. The molecule has 2 amide bonds. The number of aromatic nitrogens is 3. The van der Waals surface area contributed by atoms with Gasteiger partial charge >= 0.3 is 0 Å². The van der Waals surface area contributed by atoms with E-state index in [1.54, 1.807) is 91.5 Å². The zero-order valence-corrected chi connectivity index (χ0v) is 19.6. The van der Waals surface area contributed by atoms with E-state index < -0.39 is 17.9 Å². The van der Waals surface area contributed by atoms with Gasteiger partial charge in [0.2, 0.25) is 0 Å². The van der Waals surface area contributed by atoms with Crippen LogP contribution in [-0.4, -0.2) is 26.3 Å². The lowest BCUT2D eigenvalue weighted by atomic mass is 10.1. The van der Waals surface area contributed by atoms with Crippen LogP contribution >= 0.6 is 11.6 Å². The van der Waals surface area contributed by atoms with Crippen LogP contribution in [0.5, 0.6) is 0 Å². The standard InChI is InChI=1S/C27H20ClN5O3/c28-22-16-30-23-15-18(4-9-21(22)23)26(35)32-25(17-10-12-29-13-11-17)27(36)31-19-5-7-20(8-6-19)33-14-2-1-3-24(33)34/h1-16,25,30H,(H,31,36)(H,32,35). The summed E-state index contributed by atoms with van der Waals surface area (Å²) in [6, 6.07) is 19.2. The highest BCUT2D eigenvalue weighted by molar-refractivity contribution is 6.35. The second kappa shape index (κ2) is 9.89. The maximum Gasteiger partial charge on any atom is 0.255 e. The van der Waals surface area contributed by atoms with Gasteiger partial charge < -0.3 is 15.6 Å². The number of nitrogens with one attached hydrogen (secondary N) is 3. The van der Waals surface area contributed by atoms with E-state index >= 15 is 0 Å². The fourth-order valence-electron chi connectivity index (χ4n) is 3.86. The number of nitrogens with zero attached hydrogens (tertiary/aromatic N) is 2. The molecular formula is C27H20ClN5O3. The summed E-state index contributed by atoms with van der Waals surface area (Å²) in [4.78, 5) is 45.4. The number of carbonyl (C=O) groups is 2. The number of rotatable bonds is 6. The lowest BCUT2D eigenvalue weighted by Crippen LogP contribution is -2.37. The van der Waals surface area contributed by atoms with Crippen molar-refractivity contribution in [2.45, 2.75) is 6.04 Å². The van der Waals surface area contributed by atoms with Crippen molar-refractivity contribution in [3.8, 4) is 5.69 Å². The molecule has 36 heavy (non-hydrogen) atoms. The second-order valence-corrected chi connectivity index (χ2v) is 8.44. The lowest BCUT2D eigenvalue weighted by molar-refractivity contribution is -0.118. The largest absolute Gasteiger partial charge is 0.360 e. The maximum absolute atomic E-state index is 13.3. The van der Waals surface area contributed by atoms with Crippen molar-refractivity contribution in [2.75, 3.05) is 5.32 Å². The Kier molecular flexibility index (Phi) is 6.34. The first kappa shape index (κ1) is 23.1. The number of anilines is 1. The van der Waals surface area contributed by atoms with Gasteiger partial charge in [-0.15, -0.1) is 0 Å². The average molecular weight is 498 g/mol. The third kappa shape index (κ3) is 4.75. The number of benzene rings is 2. The number of aromatic amines is 1. The summed E-state index contributed by atoms with van der Waals surface area (Å²) >= 11 is 6.13. The third-order valence-electron chi connectivity index (χ3n) is 5.71. The zero-order valence-electron chi connectivity index (χ0n) is 18.8. The fraction of sp³-hybridized carbons (Fsp3) is 0.0370. The van der Waals surface area contributed by atoms with Gasteiger partial charge in [-0.1, -0.05) is 23.7 Å². The van der Waals surface area contributed by atoms with Gasteiger partial charge in [-0.3, -0.25) is 23.9 Å². The van der Waals surface area contributed by atoms with Crippen LogP contribution in [0.3, 0.4) is 0 Å². The predicted molar refractivity (Wildman–Crippen MR) is 138 cm³/mol. The van der Waals surface area contributed by atoms with Crippen LogP contribution in [0.25, 0.3) is 16.6 Å². The molecule has 5 aromatic rings. The fourth-order valence-corrected chi connectivity index (χ4v) is 4.08. The van der Waals surface area contributed by atoms with Crippen molar-refractivity contribution < 1.29 is 9.59 Å². The van der Waals surface area contributed by atoms with E-state index in [1.165, 1.54) is 10.6 Å². The molecule has 0 spiro atoms. The first-order valence-electron chi connectivity index (χ1n) is 11.1. The Morgan fingerprint density at radius 3 is 2.50 bits per heavy atom. The van der Waals surface area contributed by atoms with Crippen LogP contribution in [0.4, 0.5) is 5.69 Å². The molecule has 3 N–H and O–H groups in total. The number of halogens is 1. The number of amides is 2. The van der Waals surface area contributed by atoms with Gasteiger partial charge in [0.05, 0.1) is 5.02 Å². The SMILES string of the molecule is O=C(NC(C(=O)Nc1ccc(-n2ccccc2=O)cc1)c1ccncc1)c1ccc2c(Cl)c[nH]c2c1. The summed E-state index contributed by atoms with van der Waals surface area (Å²) in [6.45, 7) is 0. The molecule has 0 bridgehead atoms. The second-order valence-electron chi connectivity index (χ2n) is 8.03. The van der Waals surface area contributed by atoms with Crippen LogP contribution < -0.4 is 16.2 Å². The molecule has 0 fully saturated rings. The Labute approximate surface area is 210 Å². The molecule has 1 atom stereocenters. The van der Waals surface area contributed by atoms with Gasteiger partial charge in [0.25, 0.3) is 17.4 Å². The Morgan fingerprint density at radius 2 is 1.75 bits per heavy atom. The summed E-state index contributed by atoms with van der Waals surface area (Å²) in [7, 11) is 0. The molecule has 3 aromatic heterocycles. The molecule has 0 saturated carbocycles. The molecule has 0 aliphatic carbocycles. The highest BCUT2D eigenvalue weighted by atomic mass is 35.5. The summed E-state index contributed by atoms with van der Waals surface area (Å²) in [5.74, 6) is -0.846. The zero-order chi connectivity index (χ0) is 25.1. The smallest absolute Gasteiger partial charge is 0.255 e. The van der Waals surface area contributed by atoms with E-state index in [2.05, 4.69) is 20.6 Å². The molecular weight excluding hydrogens is 478 g/mol. The van der Waals surface area contributed by atoms with Gasteiger partial charge in [-0.05, 0) is 60.2 Å². The average Bonchev–Trinajstić information content (AvgIpc) is 3.28. The molecule has 1 unspecified atom stereocenters. The van der Waals surface area contributed by atoms with E-state index in [1.807, 2.05) is 0 Å². The minimum absolute atomic E-state index is 0.158. The van der Waals surface area contributed by atoms with Crippen molar-refractivity contribution >= 4 is 40.0 Å².